The number of sulfonamides is 1. The Bertz CT molecular complexity index is 1010. The Hall–Kier alpha value is -1.80. The van der Waals surface area contributed by atoms with Crippen LogP contribution in [0.3, 0.4) is 0 Å². The van der Waals surface area contributed by atoms with Crippen molar-refractivity contribution in [2.75, 3.05) is 25.5 Å². The van der Waals surface area contributed by atoms with Crippen LogP contribution in [0.4, 0.5) is 5.69 Å². The number of benzene rings is 2. The zero-order valence-corrected chi connectivity index (χ0v) is 18.4. The van der Waals surface area contributed by atoms with Crippen molar-refractivity contribution >= 4 is 44.8 Å². The molecule has 0 spiro atoms. The highest BCUT2D eigenvalue weighted by Gasteiger charge is 2.33. The number of piperidine rings is 1. The number of carbonyl (C=O) groups is 1. The number of anilines is 1. The van der Waals surface area contributed by atoms with Crippen LogP contribution >= 0.6 is 23.2 Å². The van der Waals surface area contributed by atoms with Gasteiger partial charge in [-0.05, 0) is 61.7 Å². The van der Waals surface area contributed by atoms with E-state index in [0.29, 0.717) is 40.9 Å². The summed E-state index contributed by atoms with van der Waals surface area (Å²) in [5.41, 5.74) is 1.22. The monoisotopic (exact) mass is 456 g/mol. The molecule has 0 unspecified atom stereocenters. The first-order chi connectivity index (χ1) is 13.7. The third-order valence-corrected chi connectivity index (χ3v) is 7.19. The minimum Gasteiger partial charge on any atom is -0.496 e. The number of aryl methyl sites for hydroxylation is 1. The molecule has 1 aliphatic heterocycles. The SMILES string of the molecule is COc1ccc(S(=O)(=O)N2CCC[C@@H](C(=O)Nc3cc(Cl)cc(Cl)c3)C2)cc1C. The van der Waals surface area contributed by atoms with Crippen LogP contribution in [0.1, 0.15) is 18.4 Å². The molecule has 0 bridgehead atoms. The molecule has 1 saturated heterocycles. The van der Waals surface area contributed by atoms with E-state index in [1.807, 2.05) is 0 Å². The number of hydrogen-bond acceptors (Lipinski definition) is 4. The van der Waals surface area contributed by atoms with Gasteiger partial charge in [0.05, 0.1) is 17.9 Å². The maximum atomic E-state index is 13.1. The van der Waals surface area contributed by atoms with E-state index >= 15 is 0 Å². The van der Waals surface area contributed by atoms with Crippen LogP contribution in [-0.4, -0.2) is 38.8 Å². The van der Waals surface area contributed by atoms with Crippen LogP contribution in [0.25, 0.3) is 0 Å². The van der Waals surface area contributed by atoms with Crippen molar-refractivity contribution in [3.05, 3.63) is 52.0 Å². The van der Waals surface area contributed by atoms with Gasteiger partial charge in [-0.15, -0.1) is 0 Å². The Labute approximate surface area is 180 Å². The van der Waals surface area contributed by atoms with Gasteiger partial charge in [-0.2, -0.15) is 4.31 Å². The smallest absolute Gasteiger partial charge is 0.243 e. The topological polar surface area (TPSA) is 75.7 Å². The fraction of sp³-hybridized carbons (Fsp3) is 0.350. The summed E-state index contributed by atoms with van der Waals surface area (Å²) in [5.74, 6) is -0.0928. The molecule has 9 heteroatoms. The average molecular weight is 457 g/mol. The van der Waals surface area contributed by atoms with Gasteiger partial charge in [0.15, 0.2) is 0 Å². The second-order valence-corrected chi connectivity index (χ2v) is 9.79. The van der Waals surface area contributed by atoms with Gasteiger partial charge in [0, 0.05) is 28.8 Å². The van der Waals surface area contributed by atoms with Crippen molar-refractivity contribution in [2.45, 2.75) is 24.7 Å². The minimum atomic E-state index is -3.71. The number of nitrogens with zero attached hydrogens (tertiary/aromatic N) is 1. The van der Waals surface area contributed by atoms with E-state index in [-0.39, 0.29) is 17.3 Å². The lowest BCUT2D eigenvalue weighted by atomic mass is 9.99. The summed E-state index contributed by atoms with van der Waals surface area (Å²) in [6, 6.07) is 9.53. The van der Waals surface area contributed by atoms with Crippen LogP contribution in [0.5, 0.6) is 5.75 Å². The van der Waals surface area contributed by atoms with E-state index in [1.165, 1.54) is 17.5 Å². The molecule has 1 fully saturated rings. The minimum absolute atomic E-state index is 0.119. The zero-order valence-electron chi connectivity index (χ0n) is 16.1. The largest absolute Gasteiger partial charge is 0.496 e. The molecule has 6 nitrogen and oxygen atoms in total. The predicted octanol–water partition coefficient (Wildman–Crippen LogP) is 4.35. The summed E-state index contributed by atoms with van der Waals surface area (Å²) < 4.78 is 32.7. The summed E-state index contributed by atoms with van der Waals surface area (Å²) >= 11 is 11.9. The number of nitrogens with one attached hydrogen (secondary N) is 1. The summed E-state index contributed by atoms with van der Waals surface area (Å²) in [6.07, 6.45) is 1.20. The summed E-state index contributed by atoms with van der Waals surface area (Å²) in [4.78, 5) is 12.9. The highest BCUT2D eigenvalue weighted by molar-refractivity contribution is 7.89. The van der Waals surface area contributed by atoms with Gasteiger partial charge >= 0.3 is 0 Å². The molecule has 29 heavy (non-hydrogen) atoms. The van der Waals surface area contributed by atoms with Gasteiger partial charge in [-0.3, -0.25) is 4.79 Å². The molecule has 0 saturated carbocycles. The molecule has 2 aromatic carbocycles. The standard InChI is InChI=1S/C20H22Cl2N2O4S/c1-13-8-18(5-6-19(13)28-2)29(26,27)24-7-3-4-14(12-24)20(25)23-17-10-15(21)9-16(22)11-17/h5-6,8-11,14H,3-4,7,12H2,1-2H3,(H,23,25)/t14-/m1/s1. The number of methoxy groups -OCH3 is 1. The molecule has 2 aromatic rings. The lowest BCUT2D eigenvalue weighted by molar-refractivity contribution is -0.120. The van der Waals surface area contributed by atoms with Gasteiger partial charge in [0.2, 0.25) is 15.9 Å². The van der Waals surface area contributed by atoms with Crippen molar-refractivity contribution in [2.24, 2.45) is 5.92 Å². The summed E-state index contributed by atoms with van der Waals surface area (Å²) in [7, 11) is -2.17. The van der Waals surface area contributed by atoms with Gasteiger partial charge in [-0.25, -0.2) is 8.42 Å². The molecule has 0 radical (unpaired) electrons. The third kappa shape index (κ3) is 5.04. The first-order valence-corrected chi connectivity index (χ1v) is 11.3. The van der Waals surface area contributed by atoms with Crippen LogP contribution < -0.4 is 10.1 Å². The molecule has 1 amide bonds. The Balaban J connectivity index is 1.75. The van der Waals surface area contributed by atoms with Crippen molar-refractivity contribution < 1.29 is 17.9 Å². The van der Waals surface area contributed by atoms with Crippen LogP contribution in [0.2, 0.25) is 10.0 Å². The molecule has 1 aliphatic rings. The molecule has 1 heterocycles. The molecule has 3 rings (SSSR count). The van der Waals surface area contributed by atoms with Crippen molar-refractivity contribution in [3.63, 3.8) is 0 Å². The fourth-order valence-electron chi connectivity index (χ4n) is 3.41. The van der Waals surface area contributed by atoms with E-state index in [0.717, 1.165) is 5.56 Å². The highest BCUT2D eigenvalue weighted by atomic mass is 35.5. The fourth-order valence-corrected chi connectivity index (χ4v) is 5.54. The van der Waals surface area contributed by atoms with Crippen molar-refractivity contribution in [1.82, 2.24) is 4.31 Å². The number of rotatable bonds is 5. The lowest BCUT2D eigenvalue weighted by Crippen LogP contribution is -2.43. The molecule has 0 aliphatic carbocycles. The molecule has 1 atom stereocenters. The van der Waals surface area contributed by atoms with Gasteiger partial charge in [0.1, 0.15) is 5.75 Å². The molecule has 0 aromatic heterocycles. The number of hydrogen-bond donors (Lipinski definition) is 1. The number of carbonyl (C=O) groups excluding carboxylic acids is 1. The maximum Gasteiger partial charge on any atom is 0.243 e. The summed E-state index contributed by atoms with van der Waals surface area (Å²) in [5, 5.41) is 3.61. The van der Waals surface area contributed by atoms with E-state index in [2.05, 4.69) is 5.32 Å². The Kier molecular flexibility index (Phi) is 6.73. The first-order valence-electron chi connectivity index (χ1n) is 9.12. The molecular formula is C20H22Cl2N2O4S. The molecule has 1 N–H and O–H groups in total. The highest BCUT2D eigenvalue weighted by Crippen LogP contribution is 2.28. The van der Waals surface area contributed by atoms with Crippen LogP contribution in [0, 0.1) is 12.8 Å². The van der Waals surface area contributed by atoms with E-state index in [9.17, 15) is 13.2 Å². The van der Waals surface area contributed by atoms with Crippen LogP contribution in [0.15, 0.2) is 41.3 Å². The van der Waals surface area contributed by atoms with Gasteiger partial charge < -0.3 is 10.1 Å². The number of amides is 1. The van der Waals surface area contributed by atoms with Crippen molar-refractivity contribution in [1.29, 1.82) is 0 Å². The second kappa shape index (κ2) is 8.92. The quantitative estimate of drug-likeness (QED) is 0.725. The Morgan fingerprint density at radius 1 is 1.17 bits per heavy atom. The Morgan fingerprint density at radius 3 is 2.48 bits per heavy atom. The maximum absolute atomic E-state index is 13.1. The molecule has 156 valence electrons. The van der Waals surface area contributed by atoms with Gasteiger partial charge in [-0.1, -0.05) is 23.2 Å². The Morgan fingerprint density at radius 2 is 1.86 bits per heavy atom. The number of ether oxygens (including phenoxy) is 1. The first kappa shape index (κ1) is 21.9. The van der Waals surface area contributed by atoms with Crippen molar-refractivity contribution in [3.8, 4) is 5.75 Å². The lowest BCUT2D eigenvalue weighted by Gasteiger charge is -2.31. The van der Waals surface area contributed by atoms with E-state index < -0.39 is 15.9 Å². The molecular weight excluding hydrogens is 435 g/mol. The third-order valence-electron chi connectivity index (χ3n) is 4.89. The van der Waals surface area contributed by atoms with E-state index in [4.69, 9.17) is 27.9 Å². The van der Waals surface area contributed by atoms with Crippen LogP contribution in [-0.2, 0) is 14.8 Å². The number of halogens is 2. The summed E-state index contributed by atoms with van der Waals surface area (Å²) in [6.45, 7) is 2.29. The van der Waals surface area contributed by atoms with E-state index in [1.54, 1.807) is 37.3 Å². The average Bonchev–Trinajstić information content (AvgIpc) is 2.67. The predicted molar refractivity (Wildman–Crippen MR) is 114 cm³/mol. The normalized spacial score (nSPS) is 17.7. The zero-order chi connectivity index (χ0) is 21.2. The van der Waals surface area contributed by atoms with Gasteiger partial charge in [0.25, 0.3) is 0 Å². The second-order valence-electron chi connectivity index (χ2n) is 6.98.